The number of rotatable bonds is 4. The minimum absolute atomic E-state index is 0.122. The van der Waals surface area contributed by atoms with Crippen molar-refractivity contribution in [3.63, 3.8) is 0 Å². The first-order valence-electron chi connectivity index (χ1n) is 4.58. The van der Waals surface area contributed by atoms with Gasteiger partial charge in [0.25, 0.3) is 0 Å². The van der Waals surface area contributed by atoms with Crippen molar-refractivity contribution in [1.82, 2.24) is 4.98 Å². The van der Waals surface area contributed by atoms with E-state index in [0.29, 0.717) is 12.1 Å². The summed E-state index contributed by atoms with van der Waals surface area (Å²) in [5, 5.41) is 0. The molecule has 4 nitrogen and oxygen atoms in total. The molecule has 2 N–H and O–H groups in total. The molecule has 0 saturated carbocycles. The molecule has 84 valence electrons. The van der Waals surface area contributed by atoms with Crippen LogP contribution in [0, 0.1) is 5.95 Å². The molecule has 5 heteroatoms. The van der Waals surface area contributed by atoms with Crippen LogP contribution >= 0.6 is 0 Å². The molecule has 0 atom stereocenters. The Morgan fingerprint density at radius 3 is 2.94 bits per heavy atom. The second-order valence-electron chi connectivity index (χ2n) is 3.06. The van der Waals surface area contributed by atoms with Gasteiger partial charge in [0.1, 0.15) is 5.82 Å². The maximum atomic E-state index is 12.8. The Morgan fingerprint density at radius 1 is 1.56 bits per heavy atom. The zero-order chi connectivity index (χ0) is 12.0. The average Bonchev–Trinajstić information content (AvgIpc) is 2.28. The number of hydrogen-bond donors (Lipinski definition) is 1. The van der Waals surface area contributed by atoms with E-state index in [-0.39, 0.29) is 5.70 Å². The number of nitrogens with two attached hydrogens (primary N) is 1. The van der Waals surface area contributed by atoms with Crippen LogP contribution in [0.3, 0.4) is 0 Å². The standard InChI is InChI=1S/C11H12FN3O/c1-15(7-3-4-9(13)8-16)11-6-2-5-10(12)14-11/h2-8H,13H2,1H3/b7-3-,9-4+. The highest BCUT2D eigenvalue weighted by molar-refractivity contribution is 5.72. The van der Waals surface area contributed by atoms with Crippen LogP contribution in [0.2, 0.25) is 0 Å². The number of halogens is 1. The molecule has 0 unspecified atom stereocenters. The van der Waals surface area contributed by atoms with E-state index in [1.807, 2.05) is 0 Å². The van der Waals surface area contributed by atoms with Crippen molar-refractivity contribution < 1.29 is 9.18 Å². The number of nitrogens with zero attached hydrogens (tertiary/aromatic N) is 2. The maximum Gasteiger partial charge on any atom is 0.214 e. The maximum absolute atomic E-state index is 12.8. The summed E-state index contributed by atoms with van der Waals surface area (Å²) in [6.07, 6.45) is 5.20. The van der Waals surface area contributed by atoms with E-state index in [9.17, 15) is 9.18 Å². The lowest BCUT2D eigenvalue weighted by Gasteiger charge is -2.11. The molecule has 1 aromatic heterocycles. The lowest BCUT2D eigenvalue weighted by atomic mass is 10.4. The van der Waals surface area contributed by atoms with Gasteiger partial charge in [0.15, 0.2) is 6.29 Å². The summed E-state index contributed by atoms with van der Waals surface area (Å²) in [7, 11) is 1.71. The lowest BCUT2D eigenvalue weighted by molar-refractivity contribution is -0.104. The summed E-state index contributed by atoms with van der Waals surface area (Å²) >= 11 is 0. The second kappa shape index (κ2) is 5.65. The molecule has 0 radical (unpaired) electrons. The number of hydrogen-bond acceptors (Lipinski definition) is 4. The quantitative estimate of drug-likeness (QED) is 0.359. The molecule has 1 rings (SSSR count). The molecule has 0 amide bonds. The topological polar surface area (TPSA) is 59.2 Å². The molecule has 16 heavy (non-hydrogen) atoms. The molecule has 0 saturated heterocycles. The third kappa shape index (κ3) is 3.53. The van der Waals surface area contributed by atoms with Crippen molar-refractivity contribution >= 4 is 12.1 Å². The van der Waals surface area contributed by atoms with Gasteiger partial charge in [0, 0.05) is 13.2 Å². The first kappa shape index (κ1) is 11.9. The van der Waals surface area contributed by atoms with Crippen molar-refractivity contribution in [1.29, 1.82) is 0 Å². The Kier molecular flexibility index (Phi) is 4.20. The van der Waals surface area contributed by atoms with Crippen LogP contribution in [0.5, 0.6) is 0 Å². The van der Waals surface area contributed by atoms with Crippen LogP contribution in [0.25, 0.3) is 0 Å². The second-order valence-corrected chi connectivity index (χ2v) is 3.06. The minimum Gasteiger partial charge on any atom is -0.396 e. The van der Waals surface area contributed by atoms with Crippen molar-refractivity contribution in [2.24, 2.45) is 5.73 Å². The van der Waals surface area contributed by atoms with Crippen LogP contribution in [0.4, 0.5) is 10.2 Å². The van der Waals surface area contributed by atoms with Crippen LogP contribution in [0.1, 0.15) is 0 Å². The minimum atomic E-state index is -0.541. The van der Waals surface area contributed by atoms with Gasteiger partial charge in [-0.3, -0.25) is 4.79 Å². The average molecular weight is 221 g/mol. The smallest absolute Gasteiger partial charge is 0.214 e. The van der Waals surface area contributed by atoms with Gasteiger partial charge in [-0.05, 0) is 24.3 Å². The van der Waals surface area contributed by atoms with E-state index in [1.165, 1.54) is 12.1 Å². The number of carbonyl (C=O) groups is 1. The van der Waals surface area contributed by atoms with Crippen LogP contribution in [0.15, 0.2) is 42.2 Å². The summed E-state index contributed by atoms with van der Waals surface area (Å²) in [6, 6.07) is 4.50. The van der Waals surface area contributed by atoms with Gasteiger partial charge in [-0.1, -0.05) is 6.07 Å². The molecular formula is C11H12FN3O. The van der Waals surface area contributed by atoms with E-state index in [4.69, 9.17) is 5.73 Å². The van der Waals surface area contributed by atoms with Gasteiger partial charge >= 0.3 is 0 Å². The summed E-state index contributed by atoms with van der Waals surface area (Å²) in [5.41, 5.74) is 5.39. The molecule has 0 bridgehead atoms. The molecule has 0 aromatic carbocycles. The highest BCUT2D eigenvalue weighted by Crippen LogP contribution is 2.08. The zero-order valence-corrected chi connectivity index (χ0v) is 8.80. The van der Waals surface area contributed by atoms with E-state index in [2.05, 4.69) is 4.98 Å². The van der Waals surface area contributed by atoms with Gasteiger partial charge in [-0.2, -0.15) is 4.39 Å². The number of pyridine rings is 1. The number of aldehydes is 1. The van der Waals surface area contributed by atoms with Crippen LogP contribution in [-0.4, -0.2) is 18.3 Å². The van der Waals surface area contributed by atoms with E-state index < -0.39 is 5.95 Å². The summed E-state index contributed by atoms with van der Waals surface area (Å²) in [6.45, 7) is 0. The van der Waals surface area contributed by atoms with Gasteiger partial charge in [0.2, 0.25) is 5.95 Å². The first-order valence-corrected chi connectivity index (χ1v) is 4.58. The number of carbonyl (C=O) groups excluding carboxylic acids is 1. The largest absolute Gasteiger partial charge is 0.396 e. The number of aromatic nitrogens is 1. The highest BCUT2D eigenvalue weighted by atomic mass is 19.1. The number of anilines is 1. The molecule has 0 aliphatic carbocycles. The molecule has 0 spiro atoms. The Morgan fingerprint density at radius 2 is 2.31 bits per heavy atom. The number of allylic oxidation sites excluding steroid dienone is 3. The van der Waals surface area contributed by atoms with E-state index in [0.717, 1.165) is 0 Å². The summed E-state index contributed by atoms with van der Waals surface area (Å²) in [5.74, 6) is -0.0741. The van der Waals surface area contributed by atoms with E-state index >= 15 is 0 Å². The molecular weight excluding hydrogens is 209 g/mol. The Bertz CT molecular complexity index is 429. The van der Waals surface area contributed by atoms with Crippen molar-refractivity contribution in [3.05, 3.63) is 48.2 Å². The Balaban J connectivity index is 2.72. The SMILES string of the molecule is CN(/C=C\C=C(\N)C=O)c1cccc(F)n1. The third-order valence-electron chi connectivity index (χ3n) is 1.80. The monoisotopic (exact) mass is 221 g/mol. The van der Waals surface area contributed by atoms with Gasteiger partial charge < -0.3 is 10.6 Å². The van der Waals surface area contributed by atoms with Crippen molar-refractivity contribution in [3.8, 4) is 0 Å². The Labute approximate surface area is 92.9 Å². The van der Waals surface area contributed by atoms with Crippen molar-refractivity contribution in [2.45, 2.75) is 0 Å². The molecule has 0 aliphatic rings. The van der Waals surface area contributed by atoms with Gasteiger partial charge in [-0.15, -0.1) is 0 Å². The lowest BCUT2D eigenvalue weighted by Crippen LogP contribution is -2.10. The third-order valence-corrected chi connectivity index (χ3v) is 1.80. The van der Waals surface area contributed by atoms with Crippen molar-refractivity contribution in [2.75, 3.05) is 11.9 Å². The predicted octanol–water partition coefficient (Wildman–Crippen LogP) is 1.21. The predicted molar refractivity (Wildman–Crippen MR) is 60.1 cm³/mol. The molecule has 0 fully saturated rings. The van der Waals surface area contributed by atoms with Crippen LogP contribution < -0.4 is 10.6 Å². The highest BCUT2D eigenvalue weighted by Gasteiger charge is 1.98. The normalized spacial score (nSPS) is 11.8. The van der Waals surface area contributed by atoms with Gasteiger partial charge in [-0.25, -0.2) is 4.98 Å². The summed E-state index contributed by atoms with van der Waals surface area (Å²) in [4.78, 5) is 15.5. The fraction of sp³-hybridized carbons (Fsp3) is 0.0909. The molecule has 1 heterocycles. The Hall–Kier alpha value is -2.17. The van der Waals surface area contributed by atoms with Crippen LogP contribution in [-0.2, 0) is 4.79 Å². The molecule has 0 aliphatic heterocycles. The molecule has 1 aromatic rings. The van der Waals surface area contributed by atoms with E-state index in [1.54, 1.807) is 36.4 Å². The fourth-order valence-electron chi connectivity index (χ4n) is 0.993. The van der Waals surface area contributed by atoms with Gasteiger partial charge in [0.05, 0.1) is 5.70 Å². The zero-order valence-electron chi connectivity index (χ0n) is 8.80. The summed E-state index contributed by atoms with van der Waals surface area (Å²) < 4.78 is 12.8. The fourth-order valence-corrected chi connectivity index (χ4v) is 0.993. The first-order chi connectivity index (χ1) is 7.63.